The summed E-state index contributed by atoms with van der Waals surface area (Å²) in [7, 11) is 0. The highest BCUT2D eigenvalue weighted by Gasteiger charge is 2.14. The van der Waals surface area contributed by atoms with Gasteiger partial charge in [-0.3, -0.25) is 4.98 Å². The molecule has 2 heterocycles. The molecule has 0 saturated carbocycles. The van der Waals surface area contributed by atoms with Crippen molar-refractivity contribution in [3.8, 4) is 5.75 Å². The molecule has 1 aromatic carbocycles. The highest BCUT2D eigenvalue weighted by atomic mass is 16.5. The molecule has 0 N–H and O–H groups in total. The summed E-state index contributed by atoms with van der Waals surface area (Å²) in [6.07, 6.45) is 8.54. The number of rotatable bonds is 2. The van der Waals surface area contributed by atoms with Crippen LogP contribution in [0.5, 0.6) is 5.75 Å². The Balaban J connectivity index is 2.04. The van der Waals surface area contributed by atoms with Gasteiger partial charge in [-0.05, 0) is 24.6 Å². The molecule has 2 aromatic rings. The number of aromatic nitrogens is 1. The van der Waals surface area contributed by atoms with Gasteiger partial charge in [0.15, 0.2) is 0 Å². The fraction of sp³-hybridized carbons (Fsp3) is 0.267. The second-order valence-electron chi connectivity index (χ2n) is 4.39. The van der Waals surface area contributed by atoms with Gasteiger partial charge < -0.3 is 4.74 Å². The highest BCUT2D eigenvalue weighted by Crippen LogP contribution is 2.30. The van der Waals surface area contributed by atoms with Gasteiger partial charge in [0.05, 0.1) is 5.52 Å². The monoisotopic (exact) mass is 225 g/mol. The Labute approximate surface area is 101 Å². The third-order valence-corrected chi connectivity index (χ3v) is 3.08. The lowest BCUT2D eigenvalue weighted by molar-refractivity contribution is 0.234. The van der Waals surface area contributed by atoms with E-state index in [2.05, 4.69) is 36.2 Å². The molecule has 1 aliphatic heterocycles. The normalized spacial score (nSPS) is 17.8. The maximum Gasteiger partial charge on any atom is 0.129 e. The maximum absolute atomic E-state index is 5.95. The van der Waals surface area contributed by atoms with Crippen LogP contribution >= 0.6 is 0 Å². The molecule has 2 nitrogen and oxygen atoms in total. The summed E-state index contributed by atoms with van der Waals surface area (Å²) in [5, 5.41) is 1.16. The van der Waals surface area contributed by atoms with E-state index >= 15 is 0 Å². The number of ether oxygens (including phenoxy) is 1. The molecule has 1 unspecified atom stereocenters. The standard InChI is InChI=1S/C15H15NO/c1-2-4-13-7-6-12-9-11-5-3-8-16-14(11)10-15(12)17-13/h3,5-10,13H,2,4H2,1H3. The molecular weight excluding hydrogens is 210 g/mol. The average molecular weight is 225 g/mol. The Hall–Kier alpha value is -1.83. The Morgan fingerprint density at radius 3 is 3.18 bits per heavy atom. The van der Waals surface area contributed by atoms with Crippen molar-refractivity contribution < 1.29 is 4.74 Å². The van der Waals surface area contributed by atoms with Crippen molar-refractivity contribution in [3.63, 3.8) is 0 Å². The SMILES string of the molecule is CCCC1C=Cc2cc3cccnc3cc2O1. The van der Waals surface area contributed by atoms with E-state index in [1.54, 1.807) is 0 Å². The molecule has 1 atom stereocenters. The van der Waals surface area contributed by atoms with E-state index in [0.29, 0.717) is 0 Å². The zero-order valence-electron chi connectivity index (χ0n) is 9.89. The van der Waals surface area contributed by atoms with Crippen molar-refractivity contribution in [1.82, 2.24) is 4.98 Å². The van der Waals surface area contributed by atoms with E-state index in [1.807, 2.05) is 18.3 Å². The fourth-order valence-corrected chi connectivity index (χ4v) is 2.20. The summed E-state index contributed by atoms with van der Waals surface area (Å²) in [6.45, 7) is 2.18. The van der Waals surface area contributed by atoms with Gasteiger partial charge in [-0.1, -0.05) is 25.5 Å². The summed E-state index contributed by atoms with van der Waals surface area (Å²) in [5.74, 6) is 0.956. The largest absolute Gasteiger partial charge is 0.486 e. The minimum atomic E-state index is 0.216. The lowest BCUT2D eigenvalue weighted by Crippen LogP contribution is -2.16. The van der Waals surface area contributed by atoms with Gasteiger partial charge in [-0.25, -0.2) is 0 Å². The fourth-order valence-electron chi connectivity index (χ4n) is 2.20. The molecule has 0 saturated heterocycles. The van der Waals surface area contributed by atoms with Crippen LogP contribution in [-0.2, 0) is 0 Å². The number of pyridine rings is 1. The first-order chi connectivity index (χ1) is 8.36. The molecule has 0 radical (unpaired) electrons. The van der Waals surface area contributed by atoms with Gasteiger partial charge in [-0.15, -0.1) is 0 Å². The number of hydrogen-bond donors (Lipinski definition) is 0. The van der Waals surface area contributed by atoms with Crippen molar-refractivity contribution in [3.05, 3.63) is 42.1 Å². The number of nitrogens with zero attached hydrogens (tertiary/aromatic N) is 1. The second kappa shape index (κ2) is 4.21. The first-order valence-electron chi connectivity index (χ1n) is 6.10. The van der Waals surface area contributed by atoms with Crippen LogP contribution in [0.4, 0.5) is 0 Å². The molecule has 0 spiro atoms. The first-order valence-corrected chi connectivity index (χ1v) is 6.10. The molecule has 0 fully saturated rings. The quantitative estimate of drug-likeness (QED) is 0.775. The number of hydrogen-bond acceptors (Lipinski definition) is 2. The summed E-state index contributed by atoms with van der Waals surface area (Å²) in [5.41, 5.74) is 2.15. The molecule has 17 heavy (non-hydrogen) atoms. The lowest BCUT2D eigenvalue weighted by Gasteiger charge is -2.21. The second-order valence-corrected chi connectivity index (χ2v) is 4.39. The molecule has 86 valence electrons. The van der Waals surface area contributed by atoms with Crippen LogP contribution in [0.15, 0.2) is 36.5 Å². The Bertz CT molecular complexity index is 574. The molecule has 3 rings (SSSR count). The van der Waals surface area contributed by atoms with E-state index in [9.17, 15) is 0 Å². The molecular formula is C15H15NO. The van der Waals surface area contributed by atoms with Crippen LogP contribution in [0.3, 0.4) is 0 Å². The van der Waals surface area contributed by atoms with E-state index in [4.69, 9.17) is 4.74 Å². The first kappa shape index (κ1) is 10.3. The molecule has 1 aliphatic rings. The van der Waals surface area contributed by atoms with Gasteiger partial charge in [0, 0.05) is 23.2 Å². The third-order valence-electron chi connectivity index (χ3n) is 3.08. The molecule has 0 bridgehead atoms. The summed E-state index contributed by atoms with van der Waals surface area (Å²) in [6, 6.07) is 8.21. The van der Waals surface area contributed by atoms with Crippen molar-refractivity contribution in [1.29, 1.82) is 0 Å². The van der Waals surface area contributed by atoms with Crippen LogP contribution in [0.2, 0.25) is 0 Å². The topological polar surface area (TPSA) is 22.1 Å². The molecule has 0 aliphatic carbocycles. The zero-order valence-corrected chi connectivity index (χ0v) is 9.89. The van der Waals surface area contributed by atoms with Crippen molar-refractivity contribution >= 4 is 17.0 Å². The Morgan fingerprint density at radius 1 is 1.35 bits per heavy atom. The van der Waals surface area contributed by atoms with E-state index in [1.165, 1.54) is 0 Å². The van der Waals surface area contributed by atoms with E-state index < -0.39 is 0 Å². The number of fused-ring (bicyclic) bond motifs is 2. The summed E-state index contributed by atoms with van der Waals surface area (Å²) in [4.78, 5) is 4.36. The Kier molecular flexibility index (Phi) is 2.56. The van der Waals surface area contributed by atoms with Gasteiger partial charge in [0.25, 0.3) is 0 Å². The van der Waals surface area contributed by atoms with Crippen LogP contribution in [-0.4, -0.2) is 11.1 Å². The minimum absolute atomic E-state index is 0.216. The van der Waals surface area contributed by atoms with Crippen LogP contribution < -0.4 is 4.74 Å². The van der Waals surface area contributed by atoms with Crippen molar-refractivity contribution in [2.75, 3.05) is 0 Å². The van der Waals surface area contributed by atoms with Gasteiger partial charge >= 0.3 is 0 Å². The average Bonchev–Trinajstić information content (AvgIpc) is 2.36. The summed E-state index contributed by atoms with van der Waals surface area (Å²) >= 11 is 0. The van der Waals surface area contributed by atoms with E-state index in [0.717, 1.165) is 35.1 Å². The lowest BCUT2D eigenvalue weighted by atomic mass is 10.0. The predicted molar refractivity (Wildman–Crippen MR) is 70.1 cm³/mol. The van der Waals surface area contributed by atoms with Crippen molar-refractivity contribution in [2.45, 2.75) is 25.9 Å². The van der Waals surface area contributed by atoms with Gasteiger partial charge in [0.2, 0.25) is 0 Å². The van der Waals surface area contributed by atoms with Crippen molar-refractivity contribution in [2.24, 2.45) is 0 Å². The zero-order chi connectivity index (χ0) is 11.7. The Morgan fingerprint density at radius 2 is 2.29 bits per heavy atom. The van der Waals surface area contributed by atoms with Gasteiger partial charge in [-0.2, -0.15) is 0 Å². The maximum atomic E-state index is 5.95. The van der Waals surface area contributed by atoms with Gasteiger partial charge in [0.1, 0.15) is 11.9 Å². The summed E-state index contributed by atoms with van der Waals surface area (Å²) < 4.78 is 5.95. The van der Waals surface area contributed by atoms with E-state index in [-0.39, 0.29) is 6.10 Å². The smallest absolute Gasteiger partial charge is 0.129 e. The highest BCUT2D eigenvalue weighted by molar-refractivity contribution is 5.84. The van der Waals surface area contributed by atoms with Crippen LogP contribution in [0.1, 0.15) is 25.3 Å². The molecule has 1 aromatic heterocycles. The predicted octanol–water partition coefficient (Wildman–Crippen LogP) is 3.81. The molecule has 0 amide bonds. The molecule has 2 heteroatoms. The van der Waals surface area contributed by atoms with Crippen LogP contribution in [0, 0.1) is 0 Å². The minimum Gasteiger partial charge on any atom is -0.486 e. The number of benzene rings is 1. The van der Waals surface area contributed by atoms with Crippen LogP contribution in [0.25, 0.3) is 17.0 Å². The third kappa shape index (κ3) is 1.91.